The van der Waals surface area contributed by atoms with E-state index in [0.717, 1.165) is 0 Å². The van der Waals surface area contributed by atoms with E-state index in [1.54, 1.807) is 0 Å². The molecule has 9 heteroatoms. The number of rotatable bonds is 5. The van der Waals surface area contributed by atoms with Crippen molar-refractivity contribution in [3.05, 3.63) is 4.60 Å². The third-order valence-electron chi connectivity index (χ3n) is 2.36. The summed E-state index contributed by atoms with van der Waals surface area (Å²) in [6.07, 6.45) is 0. The SMILES string of the molecule is CC(C)C(CN)NS(=O)(=O)c1c(Br)nnn1C. The summed E-state index contributed by atoms with van der Waals surface area (Å²) in [4.78, 5) is 0. The van der Waals surface area contributed by atoms with E-state index in [0.29, 0.717) is 0 Å². The van der Waals surface area contributed by atoms with Gasteiger partial charge in [-0.25, -0.2) is 17.8 Å². The van der Waals surface area contributed by atoms with Crippen molar-refractivity contribution in [1.29, 1.82) is 0 Å². The Morgan fingerprint density at radius 2 is 2.12 bits per heavy atom. The van der Waals surface area contributed by atoms with Gasteiger partial charge in [0.15, 0.2) is 4.60 Å². The number of nitrogens with zero attached hydrogens (tertiary/aromatic N) is 3. The molecule has 0 aliphatic heterocycles. The highest BCUT2D eigenvalue weighted by atomic mass is 79.9. The molecule has 17 heavy (non-hydrogen) atoms. The van der Waals surface area contributed by atoms with Crippen LogP contribution >= 0.6 is 15.9 Å². The van der Waals surface area contributed by atoms with Gasteiger partial charge in [-0.1, -0.05) is 19.1 Å². The van der Waals surface area contributed by atoms with Crippen LogP contribution in [0.15, 0.2) is 9.63 Å². The summed E-state index contributed by atoms with van der Waals surface area (Å²) < 4.78 is 28.1. The van der Waals surface area contributed by atoms with Crippen molar-refractivity contribution >= 4 is 26.0 Å². The molecule has 1 aromatic heterocycles. The first-order valence-electron chi connectivity index (χ1n) is 5.07. The Labute approximate surface area is 109 Å². The molecule has 0 spiro atoms. The van der Waals surface area contributed by atoms with Crippen LogP contribution < -0.4 is 10.5 Å². The number of nitrogens with two attached hydrogens (primary N) is 1. The van der Waals surface area contributed by atoms with Crippen LogP contribution in [0.2, 0.25) is 0 Å². The van der Waals surface area contributed by atoms with E-state index in [1.807, 2.05) is 13.8 Å². The summed E-state index contributed by atoms with van der Waals surface area (Å²) in [6.45, 7) is 4.03. The fourth-order valence-corrected chi connectivity index (χ4v) is 3.81. The second kappa shape index (κ2) is 5.42. The van der Waals surface area contributed by atoms with Gasteiger partial charge in [0.25, 0.3) is 10.0 Å². The van der Waals surface area contributed by atoms with Crippen molar-refractivity contribution < 1.29 is 8.42 Å². The fraction of sp³-hybridized carbons (Fsp3) is 0.750. The smallest absolute Gasteiger partial charge is 0.260 e. The molecule has 0 aliphatic carbocycles. The normalized spacial score (nSPS) is 14.2. The second-order valence-corrected chi connectivity index (χ2v) is 6.40. The van der Waals surface area contributed by atoms with Crippen molar-refractivity contribution in [1.82, 2.24) is 19.7 Å². The van der Waals surface area contributed by atoms with Gasteiger partial charge in [0.2, 0.25) is 5.03 Å². The highest BCUT2D eigenvalue weighted by Gasteiger charge is 2.27. The minimum Gasteiger partial charge on any atom is -0.329 e. The lowest BCUT2D eigenvalue weighted by Gasteiger charge is -2.20. The minimum atomic E-state index is -3.67. The number of aromatic nitrogens is 3. The summed E-state index contributed by atoms with van der Waals surface area (Å²) in [7, 11) is -2.16. The van der Waals surface area contributed by atoms with E-state index in [4.69, 9.17) is 5.73 Å². The molecule has 0 bridgehead atoms. The van der Waals surface area contributed by atoms with E-state index in [9.17, 15) is 8.42 Å². The molecule has 0 radical (unpaired) electrons. The molecule has 0 amide bonds. The number of sulfonamides is 1. The van der Waals surface area contributed by atoms with Crippen LogP contribution in [0.5, 0.6) is 0 Å². The largest absolute Gasteiger partial charge is 0.329 e. The Balaban J connectivity index is 3.05. The summed E-state index contributed by atoms with van der Waals surface area (Å²) in [5, 5.41) is 7.27. The number of nitrogens with one attached hydrogen (secondary N) is 1. The maximum Gasteiger partial charge on any atom is 0.260 e. The van der Waals surface area contributed by atoms with E-state index in [2.05, 4.69) is 31.0 Å². The number of aryl methyl sites for hydroxylation is 1. The van der Waals surface area contributed by atoms with Gasteiger partial charge in [-0.2, -0.15) is 0 Å². The Morgan fingerprint density at radius 3 is 2.47 bits per heavy atom. The van der Waals surface area contributed by atoms with Crippen LogP contribution in [0.3, 0.4) is 0 Å². The van der Waals surface area contributed by atoms with Crippen LogP contribution in [0.4, 0.5) is 0 Å². The molecule has 1 rings (SSSR count). The maximum atomic E-state index is 12.1. The first-order valence-corrected chi connectivity index (χ1v) is 7.34. The standard InChI is InChI=1S/C8H16BrN5O2S/c1-5(2)6(4-10)12-17(15,16)8-7(9)11-13-14(8)3/h5-6,12H,4,10H2,1-3H3. The average molecular weight is 326 g/mol. The van der Waals surface area contributed by atoms with Crippen LogP contribution in [0.25, 0.3) is 0 Å². The Hall–Kier alpha value is -0.510. The molecule has 0 saturated heterocycles. The zero-order valence-corrected chi connectivity index (χ0v) is 12.3. The number of hydrogen-bond acceptors (Lipinski definition) is 5. The molecule has 7 nitrogen and oxygen atoms in total. The van der Waals surface area contributed by atoms with Gasteiger partial charge in [0, 0.05) is 19.6 Å². The molecular weight excluding hydrogens is 310 g/mol. The van der Waals surface area contributed by atoms with Crippen molar-refractivity contribution in [2.75, 3.05) is 6.54 Å². The molecule has 98 valence electrons. The molecule has 0 aliphatic rings. The highest BCUT2D eigenvalue weighted by molar-refractivity contribution is 9.10. The van der Waals surface area contributed by atoms with Gasteiger partial charge in [-0.15, -0.1) is 5.10 Å². The molecule has 1 aromatic rings. The number of hydrogen-bond donors (Lipinski definition) is 2. The monoisotopic (exact) mass is 325 g/mol. The third-order valence-corrected chi connectivity index (χ3v) is 4.73. The van der Waals surface area contributed by atoms with Crippen molar-refractivity contribution in [2.24, 2.45) is 18.7 Å². The van der Waals surface area contributed by atoms with Crippen molar-refractivity contribution in [3.8, 4) is 0 Å². The molecule has 3 N–H and O–H groups in total. The molecule has 1 heterocycles. The predicted molar refractivity (Wildman–Crippen MR) is 66.7 cm³/mol. The lowest BCUT2D eigenvalue weighted by molar-refractivity contribution is 0.451. The summed E-state index contributed by atoms with van der Waals surface area (Å²) >= 11 is 3.06. The van der Waals surface area contributed by atoms with Gasteiger partial charge in [-0.05, 0) is 21.8 Å². The zero-order chi connectivity index (χ0) is 13.2. The Kier molecular flexibility index (Phi) is 4.64. The Morgan fingerprint density at radius 1 is 1.53 bits per heavy atom. The van der Waals surface area contributed by atoms with Crippen LogP contribution in [0.1, 0.15) is 13.8 Å². The van der Waals surface area contributed by atoms with Gasteiger partial charge in [0.05, 0.1) is 0 Å². The lowest BCUT2D eigenvalue weighted by atomic mass is 10.1. The first kappa shape index (κ1) is 14.6. The summed E-state index contributed by atoms with van der Waals surface area (Å²) in [6, 6.07) is -0.318. The van der Waals surface area contributed by atoms with E-state index >= 15 is 0 Å². The first-order chi connectivity index (χ1) is 7.79. The van der Waals surface area contributed by atoms with Crippen molar-refractivity contribution in [2.45, 2.75) is 24.9 Å². The lowest BCUT2D eigenvalue weighted by Crippen LogP contribution is -2.44. The van der Waals surface area contributed by atoms with Gasteiger partial charge in [0.1, 0.15) is 0 Å². The third kappa shape index (κ3) is 3.24. The van der Waals surface area contributed by atoms with E-state index in [1.165, 1.54) is 11.7 Å². The maximum absolute atomic E-state index is 12.1. The fourth-order valence-electron chi connectivity index (χ4n) is 1.32. The summed E-state index contributed by atoms with van der Waals surface area (Å²) in [5.74, 6) is 0.106. The van der Waals surface area contributed by atoms with Gasteiger partial charge >= 0.3 is 0 Å². The zero-order valence-electron chi connectivity index (χ0n) is 9.88. The second-order valence-electron chi connectivity index (χ2n) is 4.02. The Bertz CT molecular complexity index is 465. The van der Waals surface area contributed by atoms with Crippen molar-refractivity contribution in [3.63, 3.8) is 0 Å². The van der Waals surface area contributed by atoms with E-state index in [-0.39, 0.29) is 28.1 Å². The van der Waals surface area contributed by atoms with Gasteiger partial charge in [-0.3, -0.25) is 0 Å². The van der Waals surface area contributed by atoms with Crippen LogP contribution in [-0.2, 0) is 17.1 Å². The minimum absolute atomic E-state index is 0.00315. The quantitative estimate of drug-likeness (QED) is 0.783. The highest BCUT2D eigenvalue weighted by Crippen LogP contribution is 2.18. The number of halogens is 1. The molecular formula is C8H16BrN5O2S. The molecule has 0 fully saturated rings. The van der Waals surface area contributed by atoms with E-state index < -0.39 is 10.0 Å². The summed E-state index contributed by atoms with van der Waals surface area (Å²) in [5.41, 5.74) is 5.53. The predicted octanol–water partition coefficient (Wildman–Crippen LogP) is -0.161. The van der Waals surface area contributed by atoms with Crippen LogP contribution in [-0.4, -0.2) is 36.0 Å². The topological polar surface area (TPSA) is 103 Å². The molecule has 0 aromatic carbocycles. The average Bonchev–Trinajstić information content (AvgIpc) is 2.55. The molecule has 1 unspecified atom stereocenters. The van der Waals surface area contributed by atoms with Gasteiger partial charge < -0.3 is 5.73 Å². The molecule has 1 atom stereocenters. The van der Waals surface area contributed by atoms with Crippen LogP contribution in [0, 0.1) is 5.92 Å². The molecule has 0 saturated carbocycles.